The van der Waals surface area contributed by atoms with E-state index in [0.29, 0.717) is 13.2 Å². The van der Waals surface area contributed by atoms with Gasteiger partial charge in [0, 0.05) is 10.4 Å². The van der Waals surface area contributed by atoms with E-state index in [1.807, 2.05) is 13.0 Å². The van der Waals surface area contributed by atoms with Crippen molar-refractivity contribution in [1.29, 1.82) is 0 Å². The van der Waals surface area contributed by atoms with Gasteiger partial charge in [-0.2, -0.15) is 0 Å². The van der Waals surface area contributed by atoms with Crippen molar-refractivity contribution >= 4 is 17.6 Å². The van der Waals surface area contributed by atoms with Gasteiger partial charge in [-0.15, -0.1) is 11.3 Å². The number of aryl methyl sites for hydroxylation is 1. The summed E-state index contributed by atoms with van der Waals surface area (Å²) in [5.74, 6) is 0. The van der Waals surface area contributed by atoms with Crippen molar-refractivity contribution in [2.45, 2.75) is 19.6 Å². The second kappa shape index (κ2) is 4.21. The number of aldehydes is 1. The van der Waals surface area contributed by atoms with Crippen molar-refractivity contribution in [2.24, 2.45) is 0 Å². The Morgan fingerprint density at radius 1 is 1.57 bits per heavy atom. The van der Waals surface area contributed by atoms with Gasteiger partial charge in [0.2, 0.25) is 0 Å². The first-order valence-corrected chi connectivity index (χ1v) is 5.47. The maximum absolute atomic E-state index is 10.7. The molecule has 14 heavy (non-hydrogen) atoms. The molecule has 0 aliphatic carbocycles. The number of ether oxygens (including phenoxy) is 2. The molecule has 0 N–H and O–H groups in total. The minimum atomic E-state index is -0.251. The number of hydrogen-bond donors (Lipinski definition) is 0. The average molecular weight is 212 g/mol. The van der Waals surface area contributed by atoms with E-state index in [2.05, 4.69) is 0 Å². The molecular formula is C10H12O3S. The van der Waals surface area contributed by atoms with Crippen LogP contribution in [0.5, 0.6) is 0 Å². The number of rotatable bonds is 3. The van der Waals surface area contributed by atoms with E-state index in [1.54, 1.807) is 11.3 Å². The van der Waals surface area contributed by atoms with Crippen LogP contribution in [0.25, 0.3) is 0 Å². The summed E-state index contributed by atoms with van der Waals surface area (Å²) in [5, 5.41) is 0. The van der Waals surface area contributed by atoms with Gasteiger partial charge in [-0.05, 0) is 12.5 Å². The van der Waals surface area contributed by atoms with Gasteiger partial charge in [0.1, 0.15) is 0 Å². The van der Waals surface area contributed by atoms with Crippen molar-refractivity contribution in [2.75, 3.05) is 13.2 Å². The minimum Gasteiger partial charge on any atom is -0.345 e. The van der Waals surface area contributed by atoms with Gasteiger partial charge in [0.15, 0.2) is 12.6 Å². The van der Waals surface area contributed by atoms with Gasteiger partial charge in [-0.3, -0.25) is 4.79 Å². The highest BCUT2D eigenvalue weighted by atomic mass is 32.1. The molecule has 1 aliphatic rings. The molecule has 1 aromatic heterocycles. The lowest BCUT2D eigenvalue weighted by Gasteiger charge is -2.04. The third-order valence-corrected chi connectivity index (χ3v) is 3.48. The number of hydrogen-bond acceptors (Lipinski definition) is 4. The second-order valence-electron chi connectivity index (χ2n) is 3.07. The molecule has 1 fully saturated rings. The monoisotopic (exact) mass is 212 g/mol. The summed E-state index contributed by atoms with van der Waals surface area (Å²) in [6, 6.07) is 1.87. The zero-order valence-corrected chi connectivity index (χ0v) is 8.80. The van der Waals surface area contributed by atoms with Crippen LogP contribution < -0.4 is 0 Å². The van der Waals surface area contributed by atoms with Crippen molar-refractivity contribution in [3.63, 3.8) is 0 Å². The Morgan fingerprint density at radius 2 is 2.29 bits per heavy atom. The van der Waals surface area contributed by atoms with Crippen LogP contribution in [0.2, 0.25) is 0 Å². The van der Waals surface area contributed by atoms with Crippen LogP contribution in [0.15, 0.2) is 6.07 Å². The molecule has 0 radical (unpaired) electrons. The zero-order chi connectivity index (χ0) is 9.97. The molecule has 4 heteroatoms. The molecular weight excluding hydrogens is 200 g/mol. The largest absolute Gasteiger partial charge is 0.345 e. The van der Waals surface area contributed by atoms with Gasteiger partial charge in [-0.25, -0.2) is 0 Å². The fourth-order valence-corrected chi connectivity index (χ4v) is 2.55. The quantitative estimate of drug-likeness (QED) is 0.720. The van der Waals surface area contributed by atoms with E-state index in [-0.39, 0.29) is 6.29 Å². The Labute approximate surface area is 86.6 Å². The van der Waals surface area contributed by atoms with Gasteiger partial charge < -0.3 is 9.47 Å². The van der Waals surface area contributed by atoms with Gasteiger partial charge >= 0.3 is 0 Å². The van der Waals surface area contributed by atoms with E-state index >= 15 is 0 Å². The topological polar surface area (TPSA) is 35.5 Å². The van der Waals surface area contributed by atoms with Gasteiger partial charge in [0.25, 0.3) is 0 Å². The third kappa shape index (κ3) is 1.73. The highest BCUT2D eigenvalue weighted by Gasteiger charge is 2.21. The Balaban J connectivity index is 2.25. The molecule has 1 aromatic rings. The molecule has 0 bridgehead atoms. The molecule has 1 saturated heterocycles. The Morgan fingerprint density at radius 3 is 2.79 bits per heavy atom. The summed E-state index contributed by atoms with van der Waals surface area (Å²) in [5.41, 5.74) is 0.770. The summed E-state index contributed by atoms with van der Waals surface area (Å²) in [7, 11) is 0. The highest BCUT2D eigenvalue weighted by Crippen LogP contribution is 2.31. The van der Waals surface area contributed by atoms with Crippen molar-refractivity contribution in [1.82, 2.24) is 0 Å². The predicted molar refractivity (Wildman–Crippen MR) is 53.7 cm³/mol. The van der Waals surface area contributed by atoms with Crippen molar-refractivity contribution in [3.05, 3.63) is 21.4 Å². The second-order valence-corrected chi connectivity index (χ2v) is 4.24. The van der Waals surface area contributed by atoms with Crippen LogP contribution in [-0.4, -0.2) is 19.5 Å². The number of carbonyl (C=O) groups is 1. The van der Waals surface area contributed by atoms with E-state index in [9.17, 15) is 4.79 Å². The molecule has 0 saturated carbocycles. The molecule has 2 rings (SSSR count). The molecule has 76 valence electrons. The lowest BCUT2D eigenvalue weighted by molar-refractivity contribution is -0.0413. The maximum atomic E-state index is 10.7. The predicted octanol–water partition coefficient (Wildman–Crippen LogP) is 2.17. The fourth-order valence-electron chi connectivity index (χ4n) is 1.48. The summed E-state index contributed by atoms with van der Waals surface area (Å²) < 4.78 is 10.7. The van der Waals surface area contributed by atoms with E-state index in [4.69, 9.17) is 9.47 Å². The van der Waals surface area contributed by atoms with Gasteiger partial charge in [0.05, 0.1) is 18.1 Å². The lowest BCUT2D eigenvalue weighted by atomic mass is 10.2. The van der Waals surface area contributed by atoms with Crippen LogP contribution in [0.1, 0.15) is 33.3 Å². The molecule has 0 spiro atoms. The molecule has 1 aliphatic heterocycles. The Hall–Kier alpha value is -0.710. The lowest BCUT2D eigenvalue weighted by Crippen LogP contribution is -1.93. The van der Waals surface area contributed by atoms with Crippen LogP contribution in [0.4, 0.5) is 0 Å². The molecule has 3 nitrogen and oxygen atoms in total. The van der Waals surface area contributed by atoms with Crippen molar-refractivity contribution < 1.29 is 14.3 Å². The zero-order valence-electron chi connectivity index (χ0n) is 7.99. The van der Waals surface area contributed by atoms with Gasteiger partial charge in [-0.1, -0.05) is 6.92 Å². The first kappa shape index (κ1) is 9.83. The van der Waals surface area contributed by atoms with Crippen LogP contribution in [-0.2, 0) is 15.9 Å². The molecule has 0 unspecified atom stereocenters. The van der Waals surface area contributed by atoms with E-state index in [1.165, 1.54) is 0 Å². The number of carbonyl (C=O) groups excluding carboxylic acids is 1. The average Bonchev–Trinajstić information content (AvgIpc) is 2.85. The standard InChI is InChI=1S/C10H12O3S/c1-2-8-7(6-11)5-9(14-8)10-12-3-4-13-10/h5-6,10H,2-4H2,1H3. The molecule has 0 atom stereocenters. The smallest absolute Gasteiger partial charge is 0.193 e. The first-order valence-electron chi connectivity index (χ1n) is 4.66. The third-order valence-electron chi connectivity index (χ3n) is 2.16. The van der Waals surface area contributed by atoms with E-state index in [0.717, 1.165) is 28.0 Å². The van der Waals surface area contributed by atoms with E-state index < -0.39 is 0 Å². The summed E-state index contributed by atoms with van der Waals surface area (Å²) in [6.45, 7) is 3.32. The van der Waals surface area contributed by atoms with Crippen LogP contribution in [0.3, 0.4) is 0 Å². The van der Waals surface area contributed by atoms with Crippen LogP contribution in [0, 0.1) is 0 Å². The highest BCUT2D eigenvalue weighted by molar-refractivity contribution is 7.12. The summed E-state index contributed by atoms with van der Waals surface area (Å²) >= 11 is 1.60. The maximum Gasteiger partial charge on any atom is 0.193 e. The Kier molecular flexibility index (Phi) is 2.96. The number of thiophene rings is 1. The fraction of sp³-hybridized carbons (Fsp3) is 0.500. The molecule has 0 aromatic carbocycles. The normalized spacial score (nSPS) is 17.5. The summed E-state index contributed by atoms with van der Waals surface area (Å²) in [4.78, 5) is 12.8. The van der Waals surface area contributed by atoms with Crippen LogP contribution >= 0.6 is 11.3 Å². The molecule has 2 heterocycles. The van der Waals surface area contributed by atoms with Crippen molar-refractivity contribution in [3.8, 4) is 0 Å². The first-order chi connectivity index (χ1) is 6.85. The molecule has 0 amide bonds. The minimum absolute atomic E-state index is 0.251. The Bertz CT molecular complexity index is 326. The SMILES string of the molecule is CCc1sc(C2OCCO2)cc1C=O. The summed E-state index contributed by atoms with van der Waals surface area (Å²) in [6.07, 6.45) is 1.53.